The number of imidazole rings is 1. The molecule has 9 heteroatoms. The molecule has 0 bridgehead atoms. The van der Waals surface area contributed by atoms with Crippen molar-refractivity contribution >= 4 is 23.5 Å². The standard InChI is InChI=1S/C14H10N6O3/c21-14(12-9-19-6-5-15-8-13(19)17-12)18-16-7-10-1-3-11(4-2-10)20(22)23/h1-9H,(H,18,21)/b16-7-. The van der Waals surface area contributed by atoms with Crippen LogP contribution in [0.2, 0.25) is 0 Å². The first-order chi connectivity index (χ1) is 11.1. The van der Waals surface area contributed by atoms with Gasteiger partial charge in [-0.15, -0.1) is 0 Å². The zero-order chi connectivity index (χ0) is 16.2. The zero-order valence-electron chi connectivity index (χ0n) is 11.7. The van der Waals surface area contributed by atoms with Gasteiger partial charge < -0.3 is 4.40 Å². The van der Waals surface area contributed by atoms with E-state index >= 15 is 0 Å². The van der Waals surface area contributed by atoms with Crippen LogP contribution in [0.3, 0.4) is 0 Å². The number of hydrazone groups is 1. The molecule has 9 nitrogen and oxygen atoms in total. The fourth-order valence-electron chi connectivity index (χ4n) is 1.86. The van der Waals surface area contributed by atoms with E-state index in [0.717, 1.165) is 0 Å². The molecule has 0 aliphatic heterocycles. The van der Waals surface area contributed by atoms with E-state index in [1.165, 1.54) is 36.7 Å². The van der Waals surface area contributed by atoms with E-state index in [1.807, 2.05) is 0 Å². The number of nitrogens with zero attached hydrogens (tertiary/aromatic N) is 5. The number of hydrogen-bond donors (Lipinski definition) is 1. The van der Waals surface area contributed by atoms with Gasteiger partial charge in [-0.1, -0.05) is 0 Å². The van der Waals surface area contributed by atoms with Gasteiger partial charge in [0, 0.05) is 30.7 Å². The monoisotopic (exact) mass is 310 g/mol. The SMILES string of the molecule is O=C(N/N=C\c1ccc([N+](=O)[O-])cc1)c1cn2ccncc2n1. The molecule has 1 aromatic carbocycles. The quantitative estimate of drug-likeness (QED) is 0.444. The van der Waals surface area contributed by atoms with Gasteiger partial charge >= 0.3 is 0 Å². The first-order valence-electron chi connectivity index (χ1n) is 6.50. The Morgan fingerprint density at radius 3 is 2.83 bits per heavy atom. The van der Waals surface area contributed by atoms with E-state index in [9.17, 15) is 14.9 Å². The van der Waals surface area contributed by atoms with Crippen LogP contribution in [0.1, 0.15) is 16.1 Å². The lowest BCUT2D eigenvalue weighted by atomic mass is 10.2. The lowest BCUT2D eigenvalue weighted by Crippen LogP contribution is -2.17. The van der Waals surface area contributed by atoms with Gasteiger partial charge in [-0.05, 0) is 17.7 Å². The number of nitro groups is 1. The fraction of sp³-hybridized carbons (Fsp3) is 0. The Labute approximate surface area is 129 Å². The Balaban J connectivity index is 1.67. The summed E-state index contributed by atoms with van der Waals surface area (Å²) in [7, 11) is 0. The molecule has 114 valence electrons. The van der Waals surface area contributed by atoms with Crippen molar-refractivity contribution in [2.75, 3.05) is 0 Å². The van der Waals surface area contributed by atoms with Crippen molar-refractivity contribution in [3.05, 3.63) is 70.4 Å². The third kappa shape index (κ3) is 3.18. The Hall–Kier alpha value is -3.62. The maximum atomic E-state index is 11.9. The highest BCUT2D eigenvalue weighted by Crippen LogP contribution is 2.10. The van der Waals surface area contributed by atoms with Crippen molar-refractivity contribution < 1.29 is 9.72 Å². The molecule has 3 rings (SSSR count). The van der Waals surface area contributed by atoms with Gasteiger partial charge in [0.2, 0.25) is 0 Å². The van der Waals surface area contributed by atoms with Crippen LogP contribution in [0, 0.1) is 10.1 Å². The summed E-state index contributed by atoms with van der Waals surface area (Å²) in [5.74, 6) is -0.466. The normalized spacial score (nSPS) is 11.0. The van der Waals surface area contributed by atoms with E-state index in [1.54, 1.807) is 23.0 Å². The number of carbonyl (C=O) groups is 1. The van der Waals surface area contributed by atoms with Crippen molar-refractivity contribution in [1.82, 2.24) is 19.8 Å². The topological polar surface area (TPSA) is 115 Å². The van der Waals surface area contributed by atoms with E-state index in [0.29, 0.717) is 11.2 Å². The Morgan fingerprint density at radius 1 is 1.35 bits per heavy atom. The predicted molar refractivity (Wildman–Crippen MR) is 81.1 cm³/mol. The molecule has 0 saturated heterocycles. The van der Waals surface area contributed by atoms with Crippen LogP contribution in [0.4, 0.5) is 5.69 Å². The summed E-state index contributed by atoms with van der Waals surface area (Å²) in [4.78, 5) is 30.0. The molecule has 0 spiro atoms. The van der Waals surface area contributed by atoms with Crippen molar-refractivity contribution in [1.29, 1.82) is 0 Å². The smallest absolute Gasteiger partial charge is 0.291 e. The molecule has 23 heavy (non-hydrogen) atoms. The van der Waals surface area contributed by atoms with E-state index < -0.39 is 10.8 Å². The minimum Gasteiger partial charge on any atom is -0.303 e. The average molecular weight is 310 g/mol. The number of carbonyl (C=O) groups excluding carboxylic acids is 1. The third-order valence-corrected chi connectivity index (χ3v) is 2.98. The lowest BCUT2D eigenvalue weighted by molar-refractivity contribution is -0.384. The number of rotatable bonds is 4. The van der Waals surface area contributed by atoms with Crippen LogP contribution in [0.15, 0.2) is 54.2 Å². The first kappa shape index (κ1) is 14.3. The number of nitrogens with one attached hydrogen (secondary N) is 1. The van der Waals surface area contributed by atoms with Gasteiger partial charge in [0.15, 0.2) is 5.65 Å². The van der Waals surface area contributed by atoms with E-state index in [4.69, 9.17) is 0 Å². The Bertz CT molecular complexity index is 867. The Kier molecular flexibility index (Phi) is 3.75. The van der Waals surface area contributed by atoms with Gasteiger partial charge in [0.25, 0.3) is 11.6 Å². The van der Waals surface area contributed by atoms with Crippen LogP contribution in [-0.2, 0) is 0 Å². The molecule has 0 aliphatic carbocycles. The second kappa shape index (κ2) is 6.02. The fourth-order valence-corrected chi connectivity index (χ4v) is 1.86. The highest BCUT2D eigenvalue weighted by Gasteiger charge is 2.09. The molecule has 2 aromatic heterocycles. The molecule has 0 fully saturated rings. The van der Waals surface area contributed by atoms with Gasteiger partial charge in [-0.2, -0.15) is 5.10 Å². The second-order valence-corrected chi connectivity index (χ2v) is 4.52. The number of hydrogen-bond acceptors (Lipinski definition) is 6. The molecule has 0 atom stereocenters. The number of amides is 1. The molecule has 0 aliphatic rings. The highest BCUT2D eigenvalue weighted by molar-refractivity contribution is 5.93. The summed E-state index contributed by atoms with van der Waals surface area (Å²) in [6, 6.07) is 5.78. The van der Waals surface area contributed by atoms with Crippen molar-refractivity contribution in [2.24, 2.45) is 5.10 Å². The number of fused-ring (bicyclic) bond motifs is 1. The minimum absolute atomic E-state index is 0.00973. The van der Waals surface area contributed by atoms with Crippen molar-refractivity contribution in [2.45, 2.75) is 0 Å². The average Bonchev–Trinajstić information content (AvgIpc) is 2.99. The summed E-state index contributed by atoms with van der Waals surface area (Å²) in [5.41, 5.74) is 3.72. The van der Waals surface area contributed by atoms with Crippen LogP contribution >= 0.6 is 0 Å². The van der Waals surface area contributed by atoms with Crippen LogP contribution in [0.5, 0.6) is 0 Å². The summed E-state index contributed by atoms with van der Waals surface area (Å²) >= 11 is 0. The van der Waals surface area contributed by atoms with Crippen LogP contribution in [-0.4, -0.2) is 31.4 Å². The van der Waals surface area contributed by atoms with Crippen molar-refractivity contribution in [3.8, 4) is 0 Å². The summed E-state index contributed by atoms with van der Waals surface area (Å²) in [6.07, 6.45) is 7.76. The third-order valence-electron chi connectivity index (χ3n) is 2.98. The van der Waals surface area contributed by atoms with Gasteiger partial charge in [-0.3, -0.25) is 19.9 Å². The molecular weight excluding hydrogens is 300 g/mol. The minimum atomic E-state index is -0.485. The van der Waals surface area contributed by atoms with Crippen molar-refractivity contribution in [3.63, 3.8) is 0 Å². The highest BCUT2D eigenvalue weighted by atomic mass is 16.6. The first-order valence-corrected chi connectivity index (χ1v) is 6.50. The summed E-state index contributed by atoms with van der Waals surface area (Å²) in [5, 5.41) is 14.4. The number of aromatic nitrogens is 3. The maximum absolute atomic E-state index is 11.9. The number of non-ortho nitro benzene ring substituents is 1. The van der Waals surface area contributed by atoms with Gasteiger partial charge in [-0.25, -0.2) is 10.4 Å². The zero-order valence-corrected chi connectivity index (χ0v) is 11.7. The van der Waals surface area contributed by atoms with E-state index in [2.05, 4.69) is 20.5 Å². The summed E-state index contributed by atoms with van der Waals surface area (Å²) in [6.45, 7) is 0. The maximum Gasteiger partial charge on any atom is 0.291 e. The number of nitro benzene ring substituents is 1. The van der Waals surface area contributed by atoms with Crippen LogP contribution < -0.4 is 5.43 Å². The van der Waals surface area contributed by atoms with Crippen LogP contribution in [0.25, 0.3) is 5.65 Å². The lowest BCUT2D eigenvalue weighted by Gasteiger charge is -1.95. The largest absolute Gasteiger partial charge is 0.303 e. The molecular formula is C14H10N6O3. The second-order valence-electron chi connectivity index (χ2n) is 4.52. The molecule has 1 N–H and O–H groups in total. The number of benzene rings is 1. The Morgan fingerprint density at radius 2 is 2.13 bits per heavy atom. The predicted octanol–water partition coefficient (Wildman–Crippen LogP) is 1.40. The molecule has 1 amide bonds. The molecule has 0 saturated carbocycles. The van der Waals surface area contributed by atoms with Gasteiger partial charge in [0.05, 0.1) is 17.3 Å². The molecule has 0 unspecified atom stereocenters. The molecule has 0 radical (unpaired) electrons. The summed E-state index contributed by atoms with van der Waals surface area (Å²) < 4.78 is 1.67. The van der Waals surface area contributed by atoms with Gasteiger partial charge in [0.1, 0.15) is 5.69 Å². The molecule has 3 aromatic rings. The molecule has 2 heterocycles. The van der Waals surface area contributed by atoms with E-state index in [-0.39, 0.29) is 11.4 Å².